The summed E-state index contributed by atoms with van der Waals surface area (Å²) in [6, 6.07) is 16.0. The molecule has 0 saturated carbocycles. The molecule has 4 aromatic rings. The number of amides is 2. The molecule has 36 heavy (non-hydrogen) atoms. The zero-order valence-corrected chi connectivity index (χ0v) is 20.9. The highest BCUT2D eigenvalue weighted by Crippen LogP contribution is 2.26. The molecule has 1 aliphatic heterocycles. The number of nitrogens with one attached hydrogen (secondary N) is 2. The van der Waals surface area contributed by atoms with Crippen LogP contribution in [0.25, 0.3) is 11.2 Å². The van der Waals surface area contributed by atoms with Gasteiger partial charge in [0.15, 0.2) is 11.2 Å². The van der Waals surface area contributed by atoms with Gasteiger partial charge in [0, 0.05) is 24.7 Å². The van der Waals surface area contributed by atoms with Gasteiger partial charge in [-0.05, 0) is 48.9 Å². The molecule has 0 radical (unpaired) electrons. The predicted octanol–water partition coefficient (Wildman–Crippen LogP) is 4.41. The molecule has 9 nitrogen and oxygen atoms in total. The Morgan fingerprint density at radius 2 is 1.78 bits per heavy atom. The fourth-order valence-corrected chi connectivity index (χ4v) is 4.56. The van der Waals surface area contributed by atoms with E-state index in [1.54, 1.807) is 4.68 Å². The minimum absolute atomic E-state index is 0.0548. The number of carbonyl (C=O) groups excluding carboxylic acids is 1. The van der Waals surface area contributed by atoms with Crippen molar-refractivity contribution in [3.05, 3.63) is 81.4 Å². The molecule has 0 unspecified atom stereocenters. The second-order valence-electron chi connectivity index (χ2n) is 9.82. The first-order chi connectivity index (χ1) is 17.4. The van der Waals surface area contributed by atoms with Crippen molar-refractivity contribution in [3.8, 4) is 0 Å². The van der Waals surface area contributed by atoms with E-state index >= 15 is 0 Å². The lowest BCUT2D eigenvalue weighted by atomic mass is 9.96. The molecule has 2 aromatic carbocycles. The van der Waals surface area contributed by atoms with Gasteiger partial charge in [-0.3, -0.25) is 4.79 Å². The maximum Gasteiger partial charge on any atom is 0.321 e. The minimum Gasteiger partial charge on any atom is -0.324 e. The number of carbonyl (C=O) groups is 1. The van der Waals surface area contributed by atoms with Crippen molar-refractivity contribution in [1.29, 1.82) is 0 Å². The first kappa shape index (κ1) is 23.7. The van der Waals surface area contributed by atoms with Crippen molar-refractivity contribution in [2.24, 2.45) is 0 Å². The van der Waals surface area contributed by atoms with Gasteiger partial charge < -0.3 is 15.2 Å². The van der Waals surface area contributed by atoms with Crippen molar-refractivity contribution in [3.63, 3.8) is 0 Å². The number of urea groups is 1. The lowest BCUT2D eigenvalue weighted by Crippen LogP contribution is -2.41. The van der Waals surface area contributed by atoms with Crippen molar-refractivity contribution in [2.75, 3.05) is 18.4 Å². The average molecular weight is 486 g/mol. The number of piperidine rings is 1. The van der Waals surface area contributed by atoms with E-state index in [0.717, 1.165) is 11.3 Å². The number of nitrogens with zero attached hydrogens (tertiary/aromatic N) is 5. The summed E-state index contributed by atoms with van der Waals surface area (Å²) in [5.74, 6) is 1.13. The Balaban J connectivity index is 1.26. The number of benzene rings is 2. The van der Waals surface area contributed by atoms with Crippen molar-refractivity contribution >= 4 is 22.9 Å². The van der Waals surface area contributed by atoms with Crippen LogP contribution in [0.15, 0.2) is 53.3 Å². The zero-order valence-electron chi connectivity index (χ0n) is 20.9. The van der Waals surface area contributed by atoms with E-state index in [4.69, 9.17) is 4.98 Å². The van der Waals surface area contributed by atoms with E-state index in [2.05, 4.69) is 34.5 Å². The number of hydrogen-bond acceptors (Lipinski definition) is 5. The van der Waals surface area contributed by atoms with Crippen LogP contribution >= 0.6 is 0 Å². The van der Waals surface area contributed by atoms with Crippen LogP contribution in [0.3, 0.4) is 0 Å². The molecule has 9 heteroatoms. The van der Waals surface area contributed by atoms with Gasteiger partial charge in [0.25, 0.3) is 5.56 Å². The summed E-state index contributed by atoms with van der Waals surface area (Å²) < 4.78 is 1.67. The molecule has 3 heterocycles. The van der Waals surface area contributed by atoms with Crippen LogP contribution in [0.1, 0.15) is 61.0 Å². The molecule has 0 aliphatic carbocycles. The number of anilines is 1. The smallest absolute Gasteiger partial charge is 0.321 e. The highest BCUT2D eigenvalue weighted by Gasteiger charge is 2.26. The number of aromatic amines is 1. The average Bonchev–Trinajstić information content (AvgIpc) is 3.29. The summed E-state index contributed by atoms with van der Waals surface area (Å²) in [6.07, 6.45) is 1.43. The van der Waals surface area contributed by atoms with Gasteiger partial charge in [-0.15, -0.1) is 5.10 Å². The summed E-state index contributed by atoms with van der Waals surface area (Å²) in [4.78, 5) is 35.0. The Hall–Kier alpha value is -4.01. The topological polar surface area (TPSA) is 109 Å². The van der Waals surface area contributed by atoms with Gasteiger partial charge in [-0.2, -0.15) is 0 Å². The minimum atomic E-state index is -0.282. The standard InChI is InChI=1S/C27H31N7O2/c1-17(2)20-8-10-22(11-9-20)28-27(36)33-14-12-21(13-15-33)24-29-25-23(26(35)30-24)31-32-34(25)16-19-6-4-18(3)5-7-19/h4-11,17,21H,12-16H2,1-3H3,(H,28,36)(H,29,30,35). The molecule has 0 bridgehead atoms. The molecular weight excluding hydrogens is 454 g/mol. The first-order valence-corrected chi connectivity index (χ1v) is 12.4. The van der Waals surface area contributed by atoms with Gasteiger partial charge in [0.05, 0.1) is 6.54 Å². The van der Waals surface area contributed by atoms with Crippen LogP contribution < -0.4 is 10.9 Å². The molecule has 1 aliphatic rings. The third-order valence-corrected chi connectivity index (χ3v) is 6.84. The largest absolute Gasteiger partial charge is 0.324 e. The Kier molecular flexibility index (Phi) is 6.54. The van der Waals surface area contributed by atoms with Crippen LogP contribution in [0, 0.1) is 6.92 Å². The van der Waals surface area contributed by atoms with Crippen LogP contribution in [-0.4, -0.2) is 49.0 Å². The third-order valence-electron chi connectivity index (χ3n) is 6.84. The lowest BCUT2D eigenvalue weighted by Gasteiger charge is -2.31. The van der Waals surface area contributed by atoms with Gasteiger partial charge >= 0.3 is 6.03 Å². The van der Waals surface area contributed by atoms with E-state index in [9.17, 15) is 9.59 Å². The normalized spacial score (nSPS) is 14.5. The Bertz CT molecular complexity index is 1410. The zero-order chi connectivity index (χ0) is 25.2. The van der Waals surface area contributed by atoms with Gasteiger partial charge in [0.2, 0.25) is 0 Å². The van der Waals surface area contributed by atoms with Crippen LogP contribution in [0.5, 0.6) is 0 Å². The Morgan fingerprint density at radius 3 is 2.44 bits per heavy atom. The molecule has 0 spiro atoms. The molecule has 2 N–H and O–H groups in total. The summed E-state index contributed by atoms with van der Waals surface area (Å²) in [5.41, 5.74) is 4.72. The fraction of sp³-hybridized carbons (Fsp3) is 0.370. The molecule has 0 atom stereocenters. The predicted molar refractivity (Wildman–Crippen MR) is 139 cm³/mol. The van der Waals surface area contributed by atoms with E-state index < -0.39 is 0 Å². The maximum absolute atomic E-state index is 12.8. The van der Waals surface area contributed by atoms with Crippen LogP contribution in [-0.2, 0) is 6.54 Å². The number of rotatable bonds is 5. The number of likely N-dealkylation sites (tertiary alicyclic amines) is 1. The monoisotopic (exact) mass is 485 g/mol. The molecule has 2 aromatic heterocycles. The van der Waals surface area contributed by atoms with E-state index in [-0.39, 0.29) is 23.0 Å². The summed E-state index contributed by atoms with van der Waals surface area (Å²) in [7, 11) is 0. The highest BCUT2D eigenvalue weighted by atomic mass is 16.2. The summed E-state index contributed by atoms with van der Waals surface area (Å²) in [5, 5.41) is 11.2. The van der Waals surface area contributed by atoms with E-state index in [0.29, 0.717) is 49.9 Å². The molecule has 1 saturated heterocycles. The number of aromatic nitrogens is 5. The van der Waals surface area contributed by atoms with Crippen molar-refractivity contribution in [1.82, 2.24) is 29.9 Å². The Morgan fingerprint density at radius 1 is 1.08 bits per heavy atom. The number of H-pyrrole nitrogens is 1. The van der Waals surface area contributed by atoms with Crippen LogP contribution in [0.2, 0.25) is 0 Å². The lowest BCUT2D eigenvalue weighted by molar-refractivity contribution is 0.193. The SMILES string of the molecule is Cc1ccc(Cn2nnc3c(=O)[nH]c(C4CCN(C(=O)Nc5ccc(C(C)C)cc5)CC4)nc32)cc1. The third kappa shape index (κ3) is 5.00. The highest BCUT2D eigenvalue weighted by molar-refractivity contribution is 5.89. The fourth-order valence-electron chi connectivity index (χ4n) is 4.56. The first-order valence-electron chi connectivity index (χ1n) is 12.4. The van der Waals surface area contributed by atoms with E-state index in [1.165, 1.54) is 11.1 Å². The van der Waals surface area contributed by atoms with Crippen molar-refractivity contribution < 1.29 is 4.79 Å². The van der Waals surface area contributed by atoms with Gasteiger partial charge in [-0.25, -0.2) is 14.5 Å². The summed E-state index contributed by atoms with van der Waals surface area (Å²) in [6.45, 7) is 7.99. The number of fused-ring (bicyclic) bond motifs is 1. The summed E-state index contributed by atoms with van der Waals surface area (Å²) >= 11 is 0. The van der Waals surface area contributed by atoms with Gasteiger partial charge in [-0.1, -0.05) is 61.0 Å². The number of hydrogen-bond donors (Lipinski definition) is 2. The van der Waals surface area contributed by atoms with Crippen molar-refractivity contribution in [2.45, 2.75) is 52.0 Å². The molecule has 186 valence electrons. The Labute approximate surface area is 209 Å². The molecule has 2 amide bonds. The quantitative estimate of drug-likeness (QED) is 0.435. The maximum atomic E-state index is 12.8. The van der Waals surface area contributed by atoms with E-state index in [1.807, 2.05) is 60.4 Å². The molecule has 5 rings (SSSR count). The molecular formula is C27H31N7O2. The molecule has 1 fully saturated rings. The second-order valence-corrected chi connectivity index (χ2v) is 9.82. The number of aryl methyl sites for hydroxylation is 1. The van der Waals surface area contributed by atoms with Crippen LogP contribution in [0.4, 0.5) is 10.5 Å². The second kappa shape index (κ2) is 9.93. The van der Waals surface area contributed by atoms with Gasteiger partial charge in [0.1, 0.15) is 5.82 Å².